The maximum Gasteiger partial charge on any atom is 0.0776 e. The van der Waals surface area contributed by atoms with E-state index >= 15 is 0 Å². The first-order valence-corrected chi connectivity index (χ1v) is 27.4. The summed E-state index contributed by atoms with van der Waals surface area (Å²) in [6, 6.07) is 59.8. The third-order valence-electron chi connectivity index (χ3n) is 12.7. The summed E-state index contributed by atoms with van der Waals surface area (Å²) in [6.45, 7) is 19.6. The molecule has 1 aromatic heterocycles. The monoisotopic (exact) mass is 770 g/mol. The van der Waals surface area contributed by atoms with Gasteiger partial charge in [0.15, 0.2) is 0 Å². The van der Waals surface area contributed by atoms with Crippen LogP contribution in [0.5, 0.6) is 0 Å². The lowest BCUT2D eigenvalue weighted by molar-refractivity contribution is 0.660. The van der Waals surface area contributed by atoms with E-state index in [1.165, 1.54) is 93.0 Å². The van der Waals surface area contributed by atoms with E-state index in [4.69, 9.17) is 0 Å². The molecule has 10 rings (SSSR count). The zero-order valence-corrected chi connectivity index (χ0v) is 36.4. The van der Waals surface area contributed by atoms with E-state index in [1.54, 1.807) is 0 Å². The third kappa shape index (κ3) is 5.56. The zero-order valence-electron chi connectivity index (χ0n) is 34.4. The fourth-order valence-corrected chi connectivity index (χ4v) is 11.8. The zero-order chi connectivity index (χ0) is 39.4. The molecule has 0 bridgehead atoms. The Morgan fingerprint density at radius 2 is 1.04 bits per heavy atom. The number of para-hydroxylation sites is 1. The van der Waals surface area contributed by atoms with Gasteiger partial charge in [-0.3, -0.25) is 0 Å². The molecule has 1 heterocycles. The number of rotatable bonds is 6. The first-order chi connectivity index (χ1) is 27.3. The van der Waals surface area contributed by atoms with Crippen LogP contribution in [-0.4, -0.2) is 20.7 Å². The number of hydrogen-bond acceptors (Lipinski definition) is 1. The van der Waals surface area contributed by atoms with Crippen LogP contribution in [0.4, 0.5) is 17.1 Å². The molecule has 1 aliphatic carbocycles. The van der Waals surface area contributed by atoms with Gasteiger partial charge in [-0.15, -0.1) is 0 Å². The van der Waals surface area contributed by atoms with Crippen LogP contribution < -0.4 is 15.3 Å². The number of nitrogens with zero attached hydrogens (tertiary/aromatic N) is 2. The minimum absolute atomic E-state index is 0.241. The van der Waals surface area contributed by atoms with Gasteiger partial charge in [-0.1, -0.05) is 173 Å². The van der Waals surface area contributed by atoms with Crippen LogP contribution >= 0.6 is 0 Å². The van der Waals surface area contributed by atoms with Gasteiger partial charge in [-0.05, 0) is 81.6 Å². The van der Waals surface area contributed by atoms with Crippen LogP contribution in [-0.2, 0) is 5.41 Å². The smallest absolute Gasteiger partial charge is 0.0776 e. The van der Waals surface area contributed by atoms with Crippen molar-refractivity contribution in [3.05, 3.63) is 169 Å². The minimum Gasteiger partial charge on any atom is -0.310 e. The molecule has 0 fully saturated rings. The van der Waals surface area contributed by atoms with Gasteiger partial charge in [0.05, 0.1) is 38.6 Å². The normalized spacial score (nSPS) is 13.8. The Kier molecular flexibility index (Phi) is 7.93. The van der Waals surface area contributed by atoms with E-state index in [-0.39, 0.29) is 5.41 Å². The third-order valence-corrected chi connectivity index (χ3v) is 16.7. The molecule has 4 heteroatoms. The lowest BCUT2D eigenvalue weighted by Gasteiger charge is -2.29. The topological polar surface area (TPSA) is 8.17 Å². The number of anilines is 3. The van der Waals surface area contributed by atoms with Crippen molar-refractivity contribution in [2.45, 2.75) is 58.5 Å². The fraction of sp³-hybridized carbons (Fsp3) is 0.170. The van der Waals surface area contributed by atoms with Gasteiger partial charge >= 0.3 is 0 Å². The summed E-state index contributed by atoms with van der Waals surface area (Å²) in [6.07, 6.45) is 0. The summed E-state index contributed by atoms with van der Waals surface area (Å²) in [7, 11) is -3.09. The van der Waals surface area contributed by atoms with Gasteiger partial charge < -0.3 is 9.47 Å². The molecule has 0 aliphatic heterocycles. The van der Waals surface area contributed by atoms with Crippen molar-refractivity contribution < 1.29 is 0 Å². The lowest BCUT2D eigenvalue weighted by atomic mass is 9.81. The highest BCUT2D eigenvalue weighted by molar-refractivity contribution is 6.89. The molecular weight excluding hydrogens is 721 g/mol. The number of fused-ring (bicyclic) bond motifs is 9. The number of hydrogen-bond donors (Lipinski definition) is 0. The van der Waals surface area contributed by atoms with Gasteiger partial charge in [0.2, 0.25) is 0 Å². The molecule has 0 unspecified atom stereocenters. The molecule has 0 N–H and O–H groups in total. The summed E-state index contributed by atoms with van der Waals surface area (Å²) < 4.78 is 2.58. The van der Waals surface area contributed by atoms with Crippen molar-refractivity contribution in [2.24, 2.45) is 0 Å². The van der Waals surface area contributed by atoms with E-state index < -0.39 is 16.1 Å². The highest BCUT2D eigenvalue weighted by Crippen LogP contribution is 2.54. The second kappa shape index (κ2) is 12.7. The molecule has 8 aromatic carbocycles. The van der Waals surface area contributed by atoms with Crippen molar-refractivity contribution in [2.75, 3.05) is 4.90 Å². The second-order valence-corrected chi connectivity index (χ2v) is 28.8. The molecule has 0 spiro atoms. The molecule has 0 saturated heterocycles. The van der Waals surface area contributed by atoms with Crippen molar-refractivity contribution in [3.63, 3.8) is 0 Å². The average molecular weight is 771 g/mol. The second-order valence-electron chi connectivity index (χ2n) is 18.7. The Bertz CT molecular complexity index is 2990. The highest BCUT2D eigenvalue weighted by atomic mass is 28.3. The Balaban J connectivity index is 1.21. The largest absolute Gasteiger partial charge is 0.310 e. The molecule has 57 heavy (non-hydrogen) atoms. The first-order valence-electron chi connectivity index (χ1n) is 20.4. The van der Waals surface area contributed by atoms with E-state index in [2.05, 4.69) is 220 Å². The summed E-state index contributed by atoms with van der Waals surface area (Å²) in [5.74, 6) is 0. The van der Waals surface area contributed by atoms with Crippen LogP contribution in [0, 0.1) is 0 Å². The Morgan fingerprint density at radius 3 is 1.68 bits per heavy atom. The predicted molar refractivity (Wildman–Crippen MR) is 254 cm³/mol. The molecule has 0 atom stereocenters. The molecule has 0 radical (unpaired) electrons. The van der Waals surface area contributed by atoms with E-state index in [9.17, 15) is 0 Å². The molecule has 1 aliphatic rings. The molecule has 2 nitrogen and oxygen atoms in total. The summed E-state index contributed by atoms with van der Waals surface area (Å²) in [5, 5.41) is 10.8. The van der Waals surface area contributed by atoms with Crippen LogP contribution in [0.25, 0.3) is 60.2 Å². The molecule has 280 valence electrons. The van der Waals surface area contributed by atoms with Gasteiger partial charge in [-0.2, -0.15) is 0 Å². The maximum absolute atomic E-state index is 2.58. The maximum atomic E-state index is 2.58. The quantitative estimate of drug-likeness (QED) is 0.153. The number of benzene rings is 8. The van der Waals surface area contributed by atoms with Crippen LogP contribution in [0.3, 0.4) is 0 Å². The van der Waals surface area contributed by atoms with Crippen LogP contribution in [0.2, 0.25) is 39.3 Å². The van der Waals surface area contributed by atoms with E-state index in [0.717, 1.165) is 5.69 Å². The highest BCUT2D eigenvalue weighted by Gasteiger charge is 2.38. The van der Waals surface area contributed by atoms with Crippen molar-refractivity contribution >= 4 is 86.9 Å². The molecule has 0 amide bonds. The van der Waals surface area contributed by atoms with Crippen molar-refractivity contribution in [1.29, 1.82) is 0 Å². The van der Waals surface area contributed by atoms with E-state index in [0.29, 0.717) is 0 Å². The SMILES string of the molecule is CC1(C)c2cc(N(c3ccccc3)c3cccc4ccccc34)ccc2-c2c1cc(-n1c3ccc([Si](C)(C)C)cc3c3cc([Si](C)(C)C)ccc31)c1ccccc21. The Morgan fingerprint density at radius 1 is 0.456 bits per heavy atom. The van der Waals surface area contributed by atoms with Gasteiger partial charge in [-0.25, -0.2) is 0 Å². The van der Waals surface area contributed by atoms with E-state index in [1.807, 2.05) is 0 Å². The molecule has 9 aromatic rings. The lowest BCUT2D eigenvalue weighted by Crippen LogP contribution is -2.37. The summed E-state index contributed by atoms with van der Waals surface area (Å²) in [4.78, 5) is 2.44. The fourth-order valence-electron chi connectivity index (χ4n) is 9.50. The minimum atomic E-state index is -1.55. The van der Waals surface area contributed by atoms with Gasteiger partial charge in [0.25, 0.3) is 0 Å². The Hall–Kier alpha value is -5.69. The van der Waals surface area contributed by atoms with Crippen molar-refractivity contribution in [1.82, 2.24) is 4.57 Å². The Labute approximate surface area is 339 Å². The molecule has 0 saturated carbocycles. The summed E-state index contributed by atoms with van der Waals surface area (Å²) >= 11 is 0. The first kappa shape index (κ1) is 35.7. The van der Waals surface area contributed by atoms with Crippen LogP contribution in [0.15, 0.2) is 158 Å². The number of aromatic nitrogens is 1. The standard InChI is InChI=1S/C53H50N2Si2/c1-53(2)46-31-37(54(36-19-10-9-11-20-36)48-24-16-18-35-17-12-13-21-40(35)48)25-28-43(46)52-42-23-15-14-22-41(42)51(34-47(52)53)55-49-29-26-38(56(3,4)5)32-44(49)45-33-39(57(6,7)8)27-30-50(45)55/h9-34H,1-8H3. The van der Waals surface area contributed by atoms with Gasteiger partial charge in [0.1, 0.15) is 0 Å². The van der Waals surface area contributed by atoms with Gasteiger partial charge in [0, 0.05) is 38.3 Å². The summed E-state index contributed by atoms with van der Waals surface area (Å²) in [5.41, 5.74) is 12.5. The average Bonchev–Trinajstić information content (AvgIpc) is 3.64. The van der Waals surface area contributed by atoms with Crippen LogP contribution in [0.1, 0.15) is 25.0 Å². The van der Waals surface area contributed by atoms with Crippen molar-refractivity contribution in [3.8, 4) is 16.8 Å². The molecular formula is C53H50N2Si2. The predicted octanol–water partition coefficient (Wildman–Crippen LogP) is 14.0.